The molecule has 128 valence electrons. The van der Waals surface area contributed by atoms with Crippen LogP contribution in [0.3, 0.4) is 0 Å². The number of nitrogens with one attached hydrogen (secondary N) is 1. The fourth-order valence-electron chi connectivity index (χ4n) is 2.68. The predicted octanol–water partition coefficient (Wildman–Crippen LogP) is 2.42. The number of likely N-dealkylation sites (N-methyl/N-ethyl adjacent to an activating group) is 1. The Balaban J connectivity index is 1.62. The van der Waals surface area contributed by atoms with E-state index in [0.717, 1.165) is 16.8 Å². The van der Waals surface area contributed by atoms with E-state index in [-0.39, 0.29) is 24.8 Å². The van der Waals surface area contributed by atoms with Crippen LogP contribution in [0.5, 0.6) is 0 Å². The summed E-state index contributed by atoms with van der Waals surface area (Å²) in [4.78, 5) is 26.2. The van der Waals surface area contributed by atoms with Crippen LogP contribution in [0, 0.1) is 0 Å². The first kappa shape index (κ1) is 16.8. The standard InChI is InChI=1S/C20H21N3O2/c1-22(14-16-8-4-2-5-9-16)20(25)15-23-19(24)13-12-18(21-23)17-10-6-3-7-11-17/h2-12,21H,13-15H2,1H3. The molecule has 25 heavy (non-hydrogen) atoms. The molecule has 0 unspecified atom stereocenters. The number of carbonyl (C=O) groups excluding carboxylic acids is 2. The zero-order chi connectivity index (χ0) is 17.6. The average Bonchev–Trinajstić information content (AvgIpc) is 2.65. The van der Waals surface area contributed by atoms with Gasteiger partial charge in [0, 0.05) is 20.0 Å². The van der Waals surface area contributed by atoms with E-state index in [0.29, 0.717) is 6.54 Å². The summed E-state index contributed by atoms with van der Waals surface area (Å²) in [6.07, 6.45) is 2.14. The Labute approximate surface area is 147 Å². The summed E-state index contributed by atoms with van der Waals surface area (Å²) in [6.45, 7) is 0.523. The third-order valence-electron chi connectivity index (χ3n) is 4.10. The van der Waals surface area contributed by atoms with Crippen LogP contribution in [0.25, 0.3) is 5.70 Å². The van der Waals surface area contributed by atoms with Gasteiger partial charge < -0.3 is 4.90 Å². The van der Waals surface area contributed by atoms with Gasteiger partial charge in [-0.25, -0.2) is 5.01 Å². The highest BCUT2D eigenvalue weighted by molar-refractivity contribution is 5.88. The molecule has 2 aromatic carbocycles. The van der Waals surface area contributed by atoms with Crippen molar-refractivity contribution in [3.8, 4) is 0 Å². The lowest BCUT2D eigenvalue weighted by atomic mass is 10.1. The third-order valence-corrected chi connectivity index (χ3v) is 4.10. The molecule has 0 saturated heterocycles. The van der Waals surface area contributed by atoms with E-state index in [4.69, 9.17) is 0 Å². The van der Waals surface area contributed by atoms with Crippen LogP contribution in [-0.2, 0) is 16.1 Å². The second-order valence-electron chi connectivity index (χ2n) is 6.02. The smallest absolute Gasteiger partial charge is 0.245 e. The highest BCUT2D eigenvalue weighted by atomic mass is 16.2. The van der Waals surface area contributed by atoms with Gasteiger partial charge in [-0.15, -0.1) is 0 Å². The predicted molar refractivity (Wildman–Crippen MR) is 96.8 cm³/mol. The summed E-state index contributed by atoms with van der Waals surface area (Å²) < 4.78 is 0. The van der Waals surface area contributed by atoms with Gasteiger partial charge in [0.15, 0.2) is 0 Å². The highest BCUT2D eigenvalue weighted by Crippen LogP contribution is 2.17. The zero-order valence-electron chi connectivity index (χ0n) is 14.2. The van der Waals surface area contributed by atoms with Gasteiger partial charge in [-0.2, -0.15) is 0 Å². The Kier molecular flexibility index (Phi) is 5.14. The first-order valence-electron chi connectivity index (χ1n) is 8.24. The maximum atomic E-state index is 12.5. The largest absolute Gasteiger partial charge is 0.340 e. The van der Waals surface area contributed by atoms with Gasteiger partial charge in [0.2, 0.25) is 11.8 Å². The maximum absolute atomic E-state index is 12.5. The topological polar surface area (TPSA) is 52.7 Å². The molecule has 1 aliphatic rings. The minimum absolute atomic E-state index is 0.00629. The fraction of sp³-hybridized carbons (Fsp3) is 0.200. The Morgan fingerprint density at radius 3 is 2.40 bits per heavy atom. The Hall–Kier alpha value is -3.08. The number of hydrogen-bond acceptors (Lipinski definition) is 3. The van der Waals surface area contributed by atoms with E-state index >= 15 is 0 Å². The summed E-state index contributed by atoms with van der Waals surface area (Å²) in [5.74, 6) is -0.222. The number of rotatable bonds is 5. The summed E-state index contributed by atoms with van der Waals surface area (Å²) >= 11 is 0. The van der Waals surface area contributed by atoms with Crippen molar-refractivity contribution in [3.63, 3.8) is 0 Å². The summed E-state index contributed by atoms with van der Waals surface area (Å²) in [5, 5.41) is 1.40. The van der Waals surface area contributed by atoms with Gasteiger partial charge in [-0.1, -0.05) is 60.7 Å². The molecular formula is C20H21N3O2. The van der Waals surface area contributed by atoms with E-state index in [2.05, 4.69) is 5.43 Å². The maximum Gasteiger partial charge on any atom is 0.245 e. The van der Waals surface area contributed by atoms with Crippen LogP contribution in [0.15, 0.2) is 66.7 Å². The number of benzene rings is 2. The highest BCUT2D eigenvalue weighted by Gasteiger charge is 2.23. The van der Waals surface area contributed by atoms with Crippen LogP contribution in [-0.4, -0.2) is 35.3 Å². The molecule has 0 aromatic heterocycles. The van der Waals surface area contributed by atoms with Gasteiger partial charge in [-0.05, 0) is 17.2 Å². The minimum Gasteiger partial charge on any atom is -0.340 e. The van der Waals surface area contributed by atoms with Gasteiger partial charge >= 0.3 is 0 Å². The molecule has 2 aromatic rings. The molecule has 0 aliphatic carbocycles. The van der Waals surface area contributed by atoms with Crippen LogP contribution >= 0.6 is 0 Å². The lowest BCUT2D eigenvalue weighted by molar-refractivity contribution is -0.141. The van der Waals surface area contributed by atoms with Crippen molar-refractivity contribution >= 4 is 17.5 Å². The Morgan fingerprint density at radius 2 is 1.72 bits per heavy atom. The SMILES string of the molecule is CN(Cc1ccccc1)C(=O)CN1NC(c2ccccc2)=CCC1=O. The molecule has 5 nitrogen and oxygen atoms in total. The lowest BCUT2D eigenvalue weighted by Gasteiger charge is -2.30. The molecule has 2 amide bonds. The lowest BCUT2D eigenvalue weighted by Crippen LogP contribution is -2.49. The molecule has 5 heteroatoms. The van der Waals surface area contributed by atoms with Gasteiger partial charge in [0.25, 0.3) is 0 Å². The Morgan fingerprint density at radius 1 is 1.08 bits per heavy atom. The summed E-state index contributed by atoms with van der Waals surface area (Å²) in [7, 11) is 1.75. The first-order chi connectivity index (χ1) is 12.1. The number of nitrogens with zero attached hydrogens (tertiary/aromatic N) is 2. The number of hydrazine groups is 1. The molecule has 3 rings (SSSR count). The second-order valence-corrected chi connectivity index (χ2v) is 6.02. The van der Waals surface area contributed by atoms with E-state index in [1.807, 2.05) is 66.7 Å². The van der Waals surface area contributed by atoms with Crippen LogP contribution in [0.1, 0.15) is 17.5 Å². The number of amides is 2. The summed E-state index contributed by atoms with van der Waals surface area (Å²) in [6, 6.07) is 19.5. The van der Waals surface area contributed by atoms with Crippen LogP contribution < -0.4 is 5.43 Å². The molecule has 0 saturated carbocycles. The normalized spacial score (nSPS) is 13.9. The first-order valence-corrected chi connectivity index (χ1v) is 8.24. The van der Waals surface area contributed by atoms with Crippen LogP contribution in [0.4, 0.5) is 0 Å². The van der Waals surface area contributed by atoms with Crippen molar-refractivity contribution in [2.75, 3.05) is 13.6 Å². The average molecular weight is 335 g/mol. The Bertz CT molecular complexity index is 772. The molecule has 0 fully saturated rings. The molecule has 1 aliphatic heterocycles. The van der Waals surface area contributed by atoms with Crippen molar-refractivity contribution in [2.24, 2.45) is 0 Å². The van der Waals surface area contributed by atoms with Gasteiger partial charge in [0.1, 0.15) is 6.54 Å². The summed E-state index contributed by atoms with van der Waals surface area (Å²) in [5.41, 5.74) is 5.96. The number of hydrogen-bond donors (Lipinski definition) is 1. The zero-order valence-corrected chi connectivity index (χ0v) is 14.2. The minimum atomic E-state index is -0.112. The fourth-order valence-corrected chi connectivity index (χ4v) is 2.68. The number of carbonyl (C=O) groups is 2. The van der Waals surface area contributed by atoms with Crippen molar-refractivity contribution < 1.29 is 9.59 Å². The van der Waals surface area contributed by atoms with Gasteiger partial charge in [-0.3, -0.25) is 15.0 Å². The van der Waals surface area contributed by atoms with E-state index < -0.39 is 0 Å². The van der Waals surface area contributed by atoms with Gasteiger partial charge in [0.05, 0.1) is 5.70 Å². The second kappa shape index (κ2) is 7.66. The molecular weight excluding hydrogens is 314 g/mol. The van der Waals surface area contributed by atoms with Crippen molar-refractivity contribution in [2.45, 2.75) is 13.0 Å². The quantitative estimate of drug-likeness (QED) is 0.913. The molecule has 0 spiro atoms. The molecule has 1 heterocycles. The van der Waals surface area contributed by atoms with Crippen LogP contribution in [0.2, 0.25) is 0 Å². The van der Waals surface area contributed by atoms with E-state index in [9.17, 15) is 9.59 Å². The molecule has 0 atom stereocenters. The molecule has 0 radical (unpaired) electrons. The van der Waals surface area contributed by atoms with Crippen molar-refractivity contribution in [1.82, 2.24) is 15.3 Å². The molecule has 1 N–H and O–H groups in total. The molecule has 0 bridgehead atoms. The monoisotopic (exact) mass is 335 g/mol. The van der Waals surface area contributed by atoms with E-state index in [1.54, 1.807) is 11.9 Å². The van der Waals surface area contributed by atoms with Crippen molar-refractivity contribution in [1.29, 1.82) is 0 Å². The van der Waals surface area contributed by atoms with Crippen molar-refractivity contribution in [3.05, 3.63) is 77.9 Å². The van der Waals surface area contributed by atoms with E-state index in [1.165, 1.54) is 5.01 Å². The third kappa shape index (κ3) is 4.26.